The fourth-order valence-corrected chi connectivity index (χ4v) is 20.9. The predicted octanol–water partition coefficient (Wildman–Crippen LogP) is 25.8. The van der Waals surface area contributed by atoms with Crippen molar-refractivity contribution in [2.75, 3.05) is 0 Å². The topological polar surface area (TPSA) is 98.3 Å². The van der Waals surface area contributed by atoms with Crippen LogP contribution in [0.4, 0.5) is 0 Å². The predicted molar refractivity (Wildman–Crippen MR) is 470 cm³/mol. The maximum absolute atomic E-state index is 9.10. The van der Waals surface area contributed by atoms with Crippen LogP contribution in [-0.2, 0) is 0 Å². The summed E-state index contributed by atoms with van der Waals surface area (Å²) in [5.41, 5.74) is 25.5. The van der Waals surface area contributed by atoms with E-state index in [0.717, 1.165) is 34.2 Å². The molecule has 5 N–H and O–H groups in total. The molecule has 0 unspecified atom stereocenters. The molecule has 0 spiro atoms. The normalized spacial score (nSPS) is 18.4. The third-order valence-corrected chi connectivity index (χ3v) is 27.6. The van der Waals surface area contributed by atoms with Gasteiger partial charge >= 0.3 is 7.06 Å². The number of nitrogens with zero attached hydrogens (tertiary/aromatic N) is 5. The first-order chi connectivity index (χ1) is 57.8. The lowest BCUT2D eigenvalue weighted by molar-refractivity contribution is -0.612. The van der Waals surface area contributed by atoms with Crippen molar-refractivity contribution >= 4 is 0 Å². The Morgan fingerprint density at radius 2 is 0.430 bits per heavy atom. The van der Waals surface area contributed by atoms with Crippen molar-refractivity contribution in [1.29, 1.82) is 0 Å². The molecule has 10 heteroatoms. The molecule has 7 aliphatic carbocycles. The number of aromatic amines is 5. The van der Waals surface area contributed by atoms with Crippen molar-refractivity contribution in [3.63, 3.8) is 0 Å². The van der Waals surface area contributed by atoms with Crippen LogP contribution in [0.2, 0.25) is 7.06 Å². The summed E-state index contributed by atoms with van der Waals surface area (Å²) in [7, 11) is 0. The van der Waals surface area contributed by atoms with Crippen LogP contribution in [0.15, 0.2) is 152 Å². The number of imidazole rings is 5. The van der Waals surface area contributed by atoms with Crippen LogP contribution in [-0.4, -0.2) is 24.9 Å². The average Bonchev–Trinajstić information content (AvgIpc) is 1.62. The van der Waals surface area contributed by atoms with Crippen LogP contribution in [0.25, 0.3) is 39.7 Å². The minimum atomic E-state index is 0.456. The maximum atomic E-state index is 9.10. The Balaban J connectivity index is 0.000000122. The Labute approximate surface area is 693 Å². The summed E-state index contributed by atoms with van der Waals surface area (Å²) in [6.45, 7) is 25.9. The van der Waals surface area contributed by atoms with E-state index < -0.39 is 0 Å². The quantitative estimate of drug-likeness (QED) is 0.0711. The zero-order chi connectivity index (χ0) is 83.5. The second kappa shape index (κ2) is 38.9. The lowest BCUT2D eigenvalue weighted by atomic mass is 9.86. The molecule has 7 fully saturated rings. The molecule has 5 aromatic heterocycles. The number of hydrogen-bond donors (Lipinski definition) is 5. The number of para-hydroxylation sites is 5. The van der Waals surface area contributed by atoms with Crippen molar-refractivity contribution in [2.45, 2.75) is 343 Å². The van der Waals surface area contributed by atoms with Crippen LogP contribution in [0.5, 0.6) is 0 Å². The highest BCUT2D eigenvalue weighted by Crippen LogP contribution is 2.42. The summed E-state index contributed by atoms with van der Waals surface area (Å²) >= 11 is 0. The lowest BCUT2D eigenvalue weighted by Crippen LogP contribution is -2.39. The van der Waals surface area contributed by atoms with E-state index in [4.69, 9.17) is 7.06 Å². The summed E-state index contributed by atoms with van der Waals surface area (Å²) < 4.78 is 56.0. The Morgan fingerprint density at radius 1 is 0.219 bits per heavy atom. The van der Waals surface area contributed by atoms with E-state index in [0.29, 0.717) is 41.4 Å². The summed E-state index contributed by atoms with van der Waals surface area (Å²) in [6.07, 6.45) is 43.5. The number of nitrogens with one attached hydrogen (secondary N) is 5. The molecule has 7 aliphatic rings. The highest BCUT2D eigenvalue weighted by molar-refractivity contribution is 5.61. The summed E-state index contributed by atoms with van der Waals surface area (Å²) in [5.74, 6) is 9.61. The van der Waals surface area contributed by atoms with Gasteiger partial charge in [-0.3, -0.25) is 0 Å². The number of rotatable bonds is 13. The Hall–Kier alpha value is -8.63. The number of aryl methyl sites for hydroxylation is 5. The first-order valence-corrected chi connectivity index (χ1v) is 45.4. The van der Waals surface area contributed by atoms with Gasteiger partial charge in [0.05, 0.1) is 29.6 Å². The lowest BCUT2D eigenvalue weighted by Gasteiger charge is -2.19. The summed E-state index contributed by atoms with van der Waals surface area (Å²) in [6, 6.07) is 53.3. The fraction of sp³-hybridized carbons (Fsp3) is 0.510. The largest absolute Gasteiger partial charge is 0.312 e. The molecule has 0 atom stereocenters. The van der Waals surface area contributed by atoms with Crippen molar-refractivity contribution < 1.29 is 29.9 Å². The summed E-state index contributed by atoms with van der Waals surface area (Å²) in [5, 5.41) is 0. The van der Waals surface area contributed by atoms with Crippen LogP contribution >= 0.6 is 0 Å². The van der Waals surface area contributed by atoms with Gasteiger partial charge in [-0.15, -0.1) is 0 Å². The Morgan fingerprint density at radius 3 is 0.702 bits per heavy atom. The first kappa shape index (κ1) is 75.4. The van der Waals surface area contributed by atoms with Crippen LogP contribution in [0.1, 0.15) is 368 Å². The molecule has 18 rings (SSSR count). The standard InChI is InChI=1S/C23H32N2.C23H26N2.C22H30N2.2C18H24N2/c2*1-17-11-9-10-16-21(17)25-18(2)22(19-12-5-3-6-13-19)24-23(25)20-14-7-4-8-15-20;1-16-10-6-9-15-20(16)24-17(2)21(18-11-7-8-12-18)23-22(24)19-13-4-3-5-14-19;2*1-13-9-7-8-12-17(13)20-15(3)14(2)19-18(20)16-10-5-4-6-11-16/h9-11,16,19-20H,3-8,12-15H2,1-2H3;3,5-6,9-13,16,20H,4,7-8,14-15H2,1-2H3;6,9-10,15,18-19H,3-5,7-8,11-14H2,1-2H3;2*7-9,12,16H,4-6,10-11H2,1-3H3/p+5/i/hD5. The van der Waals surface area contributed by atoms with Gasteiger partial charge in [0.15, 0.2) is 11.4 Å². The zero-order valence-corrected chi connectivity index (χ0v) is 72.0. The SMILES string of the molecule is [2H]n1c(-c2ccccc2)c(C)[n+](-c2ccccc2C)c1C1CCCCC1.[2H]n1c(C)c(C)[n+](-c2ccccc2C)c1C1CCCCC1.[2H]n1c(C)c(C)[n+](-c2ccccc2C)c1C1CCCCC1.[2H]n1c(C2CCCC2)c(C)[n+](-c2ccccc2C)c1C1CCCCC1.[2H]n1c(C2CCCCC2)c(C)[n+](-c2ccccc2C)c1C1CCCCC1. The second-order valence-electron chi connectivity index (χ2n) is 35.5. The molecule has 7 saturated carbocycles. The highest BCUT2D eigenvalue weighted by Gasteiger charge is 2.39. The van der Waals surface area contributed by atoms with Gasteiger partial charge < -0.3 is 0 Å². The third kappa shape index (κ3) is 18.6. The smallest absolute Gasteiger partial charge is 0.244 e. The molecule has 0 aliphatic heterocycles. The third-order valence-electron chi connectivity index (χ3n) is 27.6. The van der Waals surface area contributed by atoms with Gasteiger partial charge in [0.1, 0.15) is 74.0 Å². The van der Waals surface area contributed by atoms with E-state index in [1.807, 2.05) is 16.0 Å². The van der Waals surface area contributed by atoms with E-state index >= 15 is 0 Å². The fourth-order valence-electron chi connectivity index (χ4n) is 20.9. The van der Waals surface area contributed by atoms with Gasteiger partial charge in [-0.25, -0.2) is 24.9 Å². The molecular weight excluding hydrogens is 1390 g/mol. The minimum Gasteiger partial charge on any atom is -0.244 e. The van der Waals surface area contributed by atoms with Crippen molar-refractivity contribution in [3.8, 4) is 39.7 Å². The molecule has 6 aromatic carbocycles. The molecule has 0 saturated heterocycles. The molecule has 0 bridgehead atoms. The minimum absolute atomic E-state index is 0.456. The molecule has 0 radical (unpaired) electrons. The number of H-pyrrole nitrogens is 5. The van der Waals surface area contributed by atoms with Crippen molar-refractivity contribution in [1.82, 2.24) is 24.9 Å². The first-order valence-electron chi connectivity index (χ1n) is 47.6. The molecule has 10 nitrogen and oxygen atoms in total. The van der Waals surface area contributed by atoms with E-state index in [1.54, 1.807) is 14.9 Å². The molecular formula is C104H141N10+5. The molecule has 114 heavy (non-hydrogen) atoms. The second-order valence-corrected chi connectivity index (χ2v) is 35.5. The summed E-state index contributed by atoms with van der Waals surface area (Å²) in [4.78, 5) is 8.80. The average molecular weight is 1540 g/mol. The molecule has 5 heterocycles. The van der Waals surface area contributed by atoms with Crippen LogP contribution in [0.3, 0.4) is 0 Å². The Kier molecular flexibility index (Phi) is 25.7. The highest BCUT2D eigenvalue weighted by atomic mass is 15.1. The number of benzene rings is 6. The zero-order valence-electron chi connectivity index (χ0n) is 77.0. The van der Waals surface area contributed by atoms with Gasteiger partial charge in [-0.2, -0.15) is 22.8 Å². The van der Waals surface area contributed by atoms with Crippen LogP contribution < -0.4 is 22.8 Å². The van der Waals surface area contributed by atoms with Gasteiger partial charge in [-0.1, -0.05) is 250 Å². The van der Waals surface area contributed by atoms with E-state index in [-0.39, 0.29) is 0 Å². The van der Waals surface area contributed by atoms with Gasteiger partial charge in [0.2, 0.25) is 0 Å². The monoisotopic (exact) mass is 1540 g/mol. The van der Waals surface area contributed by atoms with Crippen molar-refractivity contribution in [3.05, 3.63) is 260 Å². The molecule has 602 valence electrons. The van der Waals surface area contributed by atoms with Gasteiger partial charge in [-0.05, 0) is 183 Å². The van der Waals surface area contributed by atoms with Gasteiger partial charge in [0.25, 0.3) is 29.1 Å². The number of hydrogen-bond acceptors (Lipinski definition) is 0. The van der Waals surface area contributed by atoms with Crippen LogP contribution in [0, 0.1) is 83.1 Å². The van der Waals surface area contributed by atoms with E-state index in [2.05, 4.69) is 252 Å². The molecule has 0 amide bonds. The van der Waals surface area contributed by atoms with Gasteiger partial charge in [0, 0.05) is 65.9 Å². The van der Waals surface area contributed by atoms with Crippen molar-refractivity contribution in [2.24, 2.45) is 0 Å². The Bertz CT molecular complexity index is 5100. The maximum Gasteiger partial charge on any atom is 0.312 e. The van der Waals surface area contributed by atoms with E-state index in [9.17, 15) is 0 Å². The number of aromatic nitrogens is 10. The van der Waals surface area contributed by atoms with E-state index in [1.165, 1.54) is 332 Å². The molecule has 11 aromatic rings.